The molecule has 0 saturated carbocycles. The predicted octanol–water partition coefficient (Wildman–Crippen LogP) is 6.43. The van der Waals surface area contributed by atoms with E-state index in [9.17, 15) is 10.1 Å². The molecule has 2 saturated heterocycles. The molecule has 9 nitrogen and oxygen atoms in total. The Hall–Kier alpha value is -4.45. The van der Waals surface area contributed by atoms with Crippen LogP contribution in [0.2, 0.25) is 0 Å². The molecule has 2 fully saturated rings. The number of nitriles is 1. The highest BCUT2D eigenvalue weighted by Crippen LogP contribution is 2.35. The summed E-state index contributed by atoms with van der Waals surface area (Å²) in [7, 11) is 0. The lowest BCUT2D eigenvalue weighted by Crippen LogP contribution is -2.33. The molecule has 1 aromatic carbocycles. The van der Waals surface area contributed by atoms with Gasteiger partial charge in [-0.15, -0.1) is 0 Å². The molecule has 2 aromatic heterocycles. The molecule has 9 heteroatoms. The summed E-state index contributed by atoms with van der Waals surface area (Å²) in [5.41, 5.74) is 4.78. The van der Waals surface area contributed by atoms with Crippen LogP contribution in [0.25, 0.3) is 11.1 Å². The zero-order chi connectivity index (χ0) is 29.6. The number of ether oxygens (including phenoxy) is 1. The molecule has 0 radical (unpaired) electrons. The fraction of sp³-hybridized carbons (Fsp3) is 0.424. The number of hydrogen-bond acceptors (Lipinski definition) is 9. The summed E-state index contributed by atoms with van der Waals surface area (Å²) in [5.74, 6) is 0.886. The number of pyridine rings is 2. The number of benzene rings is 1. The number of nitrogens with zero attached hydrogens (tertiary/aromatic N) is 5. The van der Waals surface area contributed by atoms with Gasteiger partial charge in [-0.3, -0.25) is 0 Å². The Labute approximate surface area is 248 Å². The number of rotatable bonds is 9. The SMILES string of the molecule is CCOC(=O)c1cc(-c2ccc(N3CCC(C#N)CC3)cc2)c(C(=N)C(C)C)c(Nc2ccnc(N3CCCC3)c2)n1. The highest BCUT2D eigenvalue weighted by molar-refractivity contribution is 6.10. The molecule has 0 unspecified atom stereocenters. The van der Waals surface area contributed by atoms with E-state index < -0.39 is 5.97 Å². The summed E-state index contributed by atoms with van der Waals surface area (Å²) in [6, 6.07) is 16.2. The van der Waals surface area contributed by atoms with E-state index in [1.165, 1.54) is 0 Å². The van der Waals surface area contributed by atoms with Crippen LogP contribution in [0.5, 0.6) is 0 Å². The van der Waals surface area contributed by atoms with Crippen LogP contribution < -0.4 is 15.1 Å². The third-order valence-electron chi connectivity index (χ3n) is 8.01. The van der Waals surface area contributed by atoms with Gasteiger partial charge in [0, 0.05) is 67.0 Å². The van der Waals surface area contributed by atoms with E-state index in [0.717, 1.165) is 80.2 Å². The zero-order valence-electron chi connectivity index (χ0n) is 24.7. The van der Waals surface area contributed by atoms with E-state index in [1.54, 1.807) is 19.2 Å². The number of carbonyl (C=O) groups is 1. The Kier molecular flexibility index (Phi) is 9.01. The van der Waals surface area contributed by atoms with Crippen molar-refractivity contribution in [3.8, 4) is 17.2 Å². The predicted molar refractivity (Wildman–Crippen MR) is 167 cm³/mol. The third-order valence-corrected chi connectivity index (χ3v) is 8.01. The second kappa shape index (κ2) is 13.0. The van der Waals surface area contributed by atoms with Crippen LogP contribution in [0.15, 0.2) is 48.7 Å². The molecule has 0 amide bonds. The molecule has 3 aromatic rings. The smallest absolute Gasteiger partial charge is 0.357 e. The first-order valence-corrected chi connectivity index (χ1v) is 14.9. The van der Waals surface area contributed by atoms with Gasteiger partial charge in [-0.1, -0.05) is 26.0 Å². The van der Waals surface area contributed by atoms with Crippen molar-refractivity contribution in [3.63, 3.8) is 0 Å². The summed E-state index contributed by atoms with van der Waals surface area (Å²) in [6.07, 6.45) is 5.81. The van der Waals surface area contributed by atoms with Crippen LogP contribution in [0.1, 0.15) is 62.5 Å². The molecule has 2 N–H and O–H groups in total. The molecule has 4 heterocycles. The lowest BCUT2D eigenvalue weighted by molar-refractivity contribution is 0.0519. The Morgan fingerprint density at radius 1 is 1.10 bits per heavy atom. The first kappa shape index (κ1) is 29.1. The molecule has 42 heavy (non-hydrogen) atoms. The first-order chi connectivity index (χ1) is 20.4. The van der Waals surface area contributed by atoms with Crippen molar-refractivity contribution in [2.75, 3.05) is 47.9 Å². The highest BCUT2D eigenvalue weighted by atomic mass is 16.5. The van der Waals surface area contributed by atoms with Gasteiger partial charge in [0.1, 0.15) is 11.6 Å². The fourth-order valence-corrected chi connectivity index (χ4v) is 5.60. The van der Waals surface area contributed by atoms with Crippen LogP contribution in [0, 0.1) is 28.6 Å². The van der Waals surface area contributed by atoms with Crippen molar-refractivity contribution in [1.82, 2.24) is 9.97 Å². The maximum Gasteiger partial charge on any atom is 0.357 e. The van der Waals surface area contributed by atoms with E-state index in [-0.39, 0.29) is 24.1 Å². The number of nitrogens with one attached hydrogen (secondary N) is 2. The van der Waals surface area contributed by atoms with Crippen molar-refractivity contribution in [2.24, 2.45) is 11.8 Å². The number of anilines is 4. The second-order valence-electron chi connectivity index (χ2n) is 11.2. The number of hydrogen-bond donors (Lipinski definition) is 2. The van der Waals surface area contributed by atoms with Crippen molar-refractivity contribution < 1.29 is 9.53 Å². The van der Waals surface area contributed by atoms with E-state index in [2.05, 4.69) is 38.3 Å². The Morgan fingerprint density at radius 2 is 1.81 bits per heavy atom. The monoisotopic (exact) mass is 565 g/mol. The zero-order valence-corrected chi connectivity index (χ0v) is 24.7. The van der Waals surface area contributed by atoms with Gasteiger partial charge in [0.2, 0.25) is 0 Å². The van der Waals surface area contributed by atoms with E-state index in [0.29, 0.717) is 17.1 Å². The molecule has 0 atom stereocenters. The molecular weight excluding hydrogens is 526 g/mol. The Balaban J connectivity index is 1.56. The van der Waals surface area contributed by atoms with E-state index in [4.69, 9.17) is 15.1 Å². The molecule has 2 aliphatic rings. The maximum atomic E-state index is 13.0. The molecule has 0 aliphatic carbocycles. The van der Waals surface area contributed by atoms with Gasteiger partial charge in [0.15, 0.2) is 5.69 Å². The van der Waals surface area contributed by atoms with Gasteiger partial charge in [-0.05, 0) is 73.9 Å². The summed E-state index contributed by atoms with van der Waals surface area (Å²) < 4.78 is 5.35. The molecule has 218 valence electrons. The topological polar surface area (TPSA) is 118 Å². The lowest BCUT2D eigenvalue weighted by Gasteiger charge is -2.31. The minimum absolute atomic E-state index is 0.0714. The van der Waals surface area contributed by atoms with Gasteiger partial charge in [0.25, 0.3) is 0 Å². The van der Waals surface area contributed by atoms with Gasteiger partial charge >= 0.3 is 5.97 Å². The van der Waals surface area contributed by atoms with Crippen molar-refractivity contribution in [3.05, 3.63) is 59.9 Å². The summed E-state index contributed by atoms with van der Waals surface area (Å²) in [6.45, 7) is 9.64. The standard InChI is InChI=1S/C33H39N7O2/c1-4-42-33(41)28-20-27(24-7-9-26(10-8-24)39-17-12-23(21-34)13-18-39)30(31(35)22(2)3)32(38-28)37-25-11-14-36-29(19-25)40-15-5-6-16-40/h7-11,14,19-20,22-23,35H,4-6,12-13,15-18H2,1-3H3,(H,36,37,38). The van der Waals surface area contributed by atoms with Crippen molar-refractivity contribution in [2.45, 2.75) is 46.5 Å². The van der Waals surface area contributed by atoms with Crippen molar-refractivity contribution >= 4 is 34.7 Å². The molecule has 2 aliphatic heterocycles. The summed E-state index contributed by atoms with van der Waals surface area (Å²) in [5, 5.41) is 21.8. The van der Waals surface area contributed by atoms with Crippen LogP contribution in [0.4, 0.5) is 23.0 Å². The lowest BCUT2D eigenvalue weighted by atomic mass is 9.91. The Bertz CT molecular complexity index is 1460. The fourth-order valence-electron chi connectivity index (χ4n) is 5.60. The van der Waals surface area contributed by atoms with Gasteiger partial charge in [-0.2, -0.15) is 5.26 Å². The number of carbonyl (C=O) groups excluding carboxylic acids is 1. The first-order valence-electron chi connectivity index (χ1n) is 14.9. The summed E-state index contributed by atoms with van der Waals surface area (Å²) in [4.78, 5) is 26.8. The quantitative estimate of drug-likeness (QED) is 0.225. The van der Waals surface area contributed by atoms with E-state index in [1.807, 2.05) is 38.1 Å². The number of aromatic nitrogens is 2. The third kappa shape index (κ3) is 6.38. The number of esters is 1. The van der Waals surface area contributed by atoms with Gasteiger partial charge in [0.05, 0.1) is 12.7 Å². The molecule has 0 bridgehead atoms. The number of piperidine rings is 1. The second-order valence-corrected chi connectivity index (χ2v) is 11.2. The molecule has 0 spiro atoms. The van der Waals surface area contributed by atoms with Crippen LogP contribution in [0.3, 0.4) is 0 Å². The minimum Gasteiger partial charge on any atom is -0.461 e. The maximum absolute atomic E-state index is 13.0. The van der Waals surface area contributed by atoms with E-state index >= 15 is 0 Å². The average molecular weight is 566 g/mol. The largest absolute Gasteiger partial charge is 0.461 e. The highest BCUT2D eigenvalue weighted by Gasteiger charge is 2.24. The van der Waals surface area contributed by atoms with Gasteiger partial charge < -0.3 is 25.3 Å². The van der Waals surface area contributed by atoms with Crippen LogP contribution in [-0.2, 0) is 4.74 Å². The normalized spacial score (nSPS) is 15.5. The van der Waals surface area contributed by atoms with Gasteiger partial charge in [-0.25, -0.2) is 14.8 Å². The Morgan fingerprint density at radius 3 is 2.45 bits per heavy atom. The summed E-state index contributed by atoms with van der Waals surface area (Å²) >= 11 is 0. The van der Waals surface area contributed by atoms with Crippen LogP contribution >= 0.6 is 0 Å². The van der Waals surface area contributed by atoms with Crippen LogP contribution in [-0.4, -0.2) is 54.4 Å². The van der Waals surface area contributed by atoms with Crippen molar-refractivity contribution in [1.29, 1.82) is 10.7 Å². The molecular formula is C33H39N7O2. The molecule has 5 rings (SSSR count). The average Bonchev–Trinajstić information content (AvgIpc) is 3.56. The minimum atomic E-state index is -0.506.